The Kier molecular flexibility index (Phi) is 11.2. The molecule has 0 aromatic heterocycles. The van der Waals surface area contributed by atoms with Crippen molar-refractivity contribution in [2.45, 2.75) is 46.2 Å². The molecule has 0 atom stereocenters. The minimum absolute atomic E-state index is 0.546. The number of hydrogen-bond acceptors (Lipinski definition) is 2. The lowest BCUT2D eigenvalue weighted by Gasteiger charge is -2.13. The van der Waals surface area contributed by atoms with E-state index in [1.165, 1.54) is 44.5 Å². The van der Waals surface area contributed by atoms with Crippen LogP contribution in [0.4, 0.5) is 0 Å². The smallest absolute Gasteiger partial charge is 0.123 e. The molecule has 5 aromatic rings. The van der Waals surface area contributed by atoms with Crippen molar-refractivity contribution in [3.05, 3.63) is 172 Å². The van der Waals surface area contributed by atoms with Gasteiger partial charge in [0.05, 0.1) is 0 Å². The first-order chi connectivity index (χ1) is 20.3. The maximum atomic E-state index is 6.07. The highest BCUT2D eigenvalue weighted by atomic mass is 79.9. The maximum absolute atomic E-state index is 6.07. The fraction of sp³-hybridized carbons (Fsp3) is 0.179. The van der Waals surface area contributed by atoms with E-state index in [2.05, 4.69) is 123 Å². The van der Waals surface area contributed by atoms with Crippen molar-refractivity contribution in [3.63, 3.8) is 0 Å². The van der Waals surface area contributed by atoms with Crippen molar-refractivity contribution in [1.82, 2.24) is 0 Å². The monoisotopic (exact) mass is 618 g/mol. The predicted molar refractivity (Wildman–Crippen MR) is 181 cm³/mol. The van der Waals surface area contributed by atoms with Crippen LogP contribution in [0.25, 0.3) is 5.57 Å². The lowest BCUT2D eigenvalue weighted by molar-refractivity contribution is 0.289. The van der Waals surface area contributed by atoms with Gasteiger partial charge in [-0.1, -0.05) is 142 Å². The first-order valence-electron chi connectivity index (χ1n) is 14.2. The SMILES string of the molecule is C=C(c1ccccc1)c1ccccc1.Cc1cc(C)cc(COc2cc(CBr)cc(OCc3cc(C)cc(C)c3)c2)c1. The average Bonchev–Trinajstić information content (AvgIpc) is 2.99. The molecule has 42 heavy (non-hydrogen) atoms. The Morgan fingerprint density at radius 3 is 1.26 bits per heavy atom. The topological polar surface area (TPSA) is 18.5 Å². The second kappa shape index (κ2) is 15.2. The molecule has 3 heteroatoms. The average molecular weight is 620 g/mol. The Hall–Kier alpha value is -4.08. The number of alkyl halides is 1. The first kappa shape index (κ1) is 30.9. The van der Waals surface area contributed by atoms with Crippen LogP contribution < -0.4 is 9.47 Å². The third kappa shape index (κ3) is 9.49. The Bertz CT molecular complexity index is 1450. The minimum Gasteiger partial charge on any atom is -0.489 e. The molecule has 214 valence electrons. The van der Waals surface area contributed by atoms with E-state index in [0.717, 1.165) is 28.0 Å². The van der Waals surface area contributed by atoms with Gasteiger partial charge in [0, 0.05) is 11.4 Å². The molecule has 0 spiro atoms. The Morgan fingerprint density at radius 2 is 0.905 bits per heavy atom. The van der Waals surface area contributed by atoms with Gasteiger partial charge in [-0.15, -0.1) is 0 Å². The lowest BCUT2D eigenvalue weighted by Crippen LogP contribution is -2.00. The summed E-state index contributed by atoms with van der Waals surface area (Å²) in [6, 6.07) is 39.6. The summed E-state index contributed by atoms with van der Waals surface area (Å²) in [5.41, 5.74) is 11.9. The van der Waals surface area contributed by atoms with Crippen LogP contribution in [0.2, 0.25) is 0 Å². The van der Waals surface area contributed by atoms with Crippen LogP contribution in [0.1, 0.15) is 50.1 Å². The Balaban J connectivity index is 0.000000241. The zero-order chi connectivity index (χ0) is 29.9. The maximum Gasteiger partial charge on any atom is 0.123 e. The molecule has 0 amide bonds. The van der Waals surface area contributed by atoms with Crippen LogP contribution in [0, 0.1) is 27.7 Å². The third-order valence-corrected chi connectivity index (χ3v) is 7.36. The van der Waals surface area contributed by atoms with Gasteiger partial charge >= 0.3 is 0 Å². The van der Waals surface area contributed by atoms with Gasteiger partial charge in [-0.3, -0.25) is 0 Å². The van der Waals surface area contributed by atoms with Crippen LogP contribution in [-0.2, 0) is 18.5 Å². The van der Waals surface area contributed by atoms with Crippen LogP contribution in [0.15, 0.2) is 122 Å². The number of ether oxygens (including phenoxy) is 2. The molecule has 0 heterocycles. The van der Waals surface area contributed by atoms with Gasteiger partial charge in [0.25, 0.3) is 0 Å². The normalized spacial score (nSPS) is 10.4. The molecule has 0 saturated heterocycles. The highest BCUT2D eigenvalue weighted by molar-refractivity contribution is 9.08. The van der Waals surface area contributed by atoms with E-state index in [9.17, 15) is 0 Å². The number of aryl methyl sites for hydroxylation is 4. The standard InChI is InChI=1S/C25H27BrO2.C14H12/c1-17-5-18(2)8-22(7-17)15-27-24-11-21(14-26)12-25(13-24)28-16-23-9-19(3)6-20(4)10-23;1-12(13-8-4-2-5-9-13)14-10-6-3-7-11-14/h5-13H,14-16H2,1-4H3;2-11H,1H2. The van der Waals surface area contributed by atoms with Crippen molar-refractivity contribution in [2.75, 3.05) is 0 Å². The van der Waals surface area contributed by atoms with Crippen molar-refractivity contribution < 1.29 is 9.47 Å². The van der Waals surface area contributed by atoms with Gasteiger partial charge in [0.2, 0.25) is 0 Å². The fourth-order valence-electron chi connectivity index (χ4n) is 4.96. The largest absolute Gasteiger partial charge is 0.489 e. The van der Waals surface area contributed by atoms with Gasteiger partial charge < -0.3 is 9.47 Å². The van der Waals surface area contributed by atoms with Crippen molar-refractivity contribution in [3.8, 4) is 11.5 Å². The van der Waals surface area contributed by atoms with E-state index < -0.39 is 0 Å². The molecule has 0 N–H and O–H groups in total. The highest BCUT2D eigenvalue weighted by Crippen LogP contribution is 2.26. The van der Waals surface area contributed by atoms with E-state index in [1.807, 2.05) is 42.5 Å². The first-order valence-corrected chi connectivity index (χ1v) is 15.3. The van der Waals surface area contributed by atoms with E-state index in [0.29, 0.717) is 13.2 Å². The Morgan fingerprint density at radius 1 is 0.524 bits per heavy atom. The summed E-state index contributed by atoms with van der Waals surface area (Å²) < 4.78 is 12.1. The van der Waals surface area contributed by atoms with Crippen molar-refractivity contribution in [1.29, 1.82) is 0 Å². The van der Waals surface area contributed by atoms with Crippen LogP contribution in [0.3, 0.4) is 0 Å². The number of benzene rings is 5. The third-order valence-electron chi connectivity index (χ3n) is 6.71. The Labute approximate surface area is 259 Å². The zero-order valence-electron chi connectivity index (χ0n) is 25.0. The second-order valence-corrected chi connectivity index (χ2v) is 11.3. The summed E-state index contributed by atoms with van der Waals surface area (Å²) >= 11 is 3.54. The molecule has 5 aromatic carbocycles. The molecule has 0 aliphatic carbocycles. The molecule has 0 fully saturated rings. The van der Waals surface area contributed by atoms with Gasteiger partial charge in [-0.25, -0.2) is 0 Å². The summed E-state index contributed by atoms with van der Waals surface area (Å²) in [6.45, 7) is 13.6. The predicted octanol–water partition coefficient (Wildman–Crippen LogP) is 10.7. The van der Waals surface area contributed by atoms with Crippen molar-refractivity contribution in [2.24, 2.45) is 0 Å². The van der Waals surface area contributed by atoms with Crippen molar-refractivity contribution >= 4 is 21.5 Å². The molecule has 0 unspecified atom stereocenters. The summed E-state index contributed by atoms with van der Waals surface area (Å²) in [6.07, 6.45) is 0. The fourth-order valence-corrected chi connectivity index (χ4v) is 5.28. The van der Waals surface area contributed by atoms with Gasteiger partial charge in [-0.2, -0.15) is 0 Å². The quantitative estimate of drug-likeness (QED) is 0.153. The van der Waals surface area contributed by atoms with E-state index in [-0.39, 0.29) is 0 Å². The number of hydrogen-bond donors (Lipinski definition) is 0. The van der Waals surface area contributed by atoms with Crippen LogP contribution >= 0.6 is 15.9 Å². The molecule has 0 aliphatic heterocycles. The molecule has 5 rings (SSSR count). The molecular weight excluding hydrogens is 580 g/mol. The van der Waals surface area contributed by atoms with Crippen LogP contribution in [-0.4, -0.2) is 0 Å². The number of rotatable bonds is 9. The minimum atomic E-state index is 0.546. The van der Waals surface area contributed by atoms with Crippen LogP contribution in [0.5, 0.6) is 11.5 Å². The summed E-state index contributed by atoms with van der Waals surface area (Å²) in [5, 5.41) is 0.758. The highest BCUT2D eigenvalue weighted by Gasteiger charge is 2.06. The number of halogens is 1. The van der Waals surface area contributed by atoms with Gasteiger partial charge in [0.1, 0.15) is 24.7 Å². The second-order valence-electron chi connectivity index (χ2n) is 10.7. The summed E-state index contributed by atoms with van der Waals surface area (Å²) in [4.78, 5) is 0. The molecular formula is C39H39BrO2. The lowest BCUT2D eigenvalue weighted by atomic mass is 10.0. The zero-order valence-corrected chi connectivity index (χ0v) is 26.6. The van der Waals surface area contributed by atoms with E-state index in [1.54, 1.807) is 0 Å². The molecule has 0 bridgehead atoms. The summed E-state index contributed by atoms with van der Waals surface area (Å²) in [5.74, 6) is 1.65. The molecule has 0 aliphatic rings. The molecule has 2 nitrogen and oxygen atoms in total. The van der Waals surface area contributed by atoms with Gasteiger partial charge in [-0.05, 0) is 73.2 Å². The summed E-state index contributed by atoms with van der Waals surface area (Å²) in [7, 11) is 0. The van der Waals surface area contributed by atoms with Gasteiger partial charge in [0.15, 0.2) is 0 Å². The molecule has 0 radical (unpaired) electrons. The van der Waals surface area contributed by atoms with E-state index >= 15 is 0 Å². The van der Waals surface area contributed by atoms with E-state index in [4.69, 9.17) is 9.47 Å². The molecule has 0 saturated carbocycles.